The minimum absolute atomic E-state index is 0.254. The summed E-state index contributed by atoms with van der Waals surface area (Å²) in [5, 5.41) is 8.90. The van der Waals surface area contributed by atoms with Crippen molar-refractivity contribution in [2.24, 2.45) is 0 Å². The summed E-state index contributed by atoms with van der Waals surface area (Å²) in [6, 6.07) is 0. The molecule has 0 bridgehead atoms. The third kappa shape index (κ3) is 2.76. The van der Waals surface area contributed by atoms with Gasteiger partial charge in [-0.2, -0.15) is 0 Å². The van der Waals surface area contributed by atoms with Gasteiger partial charge < -0.3 is 14.6 Å². The molecule has 0 atom stereocenters. The van der Waals surface area contributed by atoms with Crippen LogP contribution in [0.1, 0.15) is 25.0 Å². The Morgan fingerprint density at radius 3 is 2.06 bits per heavy atom. The SMILES string of the molecule is COc1c(F)c(COC(C)C)c(F)c(F)c1CO. The summed E-state index contributed by atoms with van der Waals surface area (Å²) in [5.41, 5.74) is -1.09. The molecule has 102 valence electrons. The van der Waals surface area contributed by atoms with E-state index in [9.17, 15) is 13.2 Å². The van der Waals surface area contributed by atoms with Crippen molar-refractivity contribution in [3.63, 3.8) is 0 Å². The minimum Gasteiger partial charge on any atom is -0.493 e. The molecule has 1 aromatic carbocycles. The average Bonchev–Trinajstić information content (AvgIpc) is 2.32. The van der Waals surface area contributed by atoms with Gasteiger partial charge in [-0.15, -0.1) is 0 Å². The summed E-state index contributed by atoms with van der Waals surface area (Å²) in [7, 11) is 1.11. The fraction of sp³-hybridized carbons (Fsp3) is 0.500. The fourth-order valence-corrected chi connectivity index (χ4v) is 1.46. The predicted molar refractivity (Wildman–Crippen MR) is 58.7 cm³/mol. The van der Waals surface area contributed by atoms with Gasteiger partial charge in [0.15, 0.2) is 23.2 Å². The van der Waals surface area contributed by atoms with Crippen molar-refractivity contribution >= 4 is 0 Å². The van der Waals surface area contributed by atoms with Crippen LogP contribution in [0.3, 0.4) is 0 Å². The Bertz CT molecular complexity index is 433. The van der Waals surface area contributed by atoms with Crippen LogP contribution >= 0.6 is 0 Å². The summed E-state index contributed by atoms with van der Waals surface area (Å²) < 4.78 is 50.8. The van der Waals surface area contributed by atoms with Gasteiger partial charge in [0.05, 0.1) is 37.6 Å². The first-order valence-corrected chi connectivity index (χ1v) is 5.38. The Balaban J connectivity index is 3.30. The van der Waals surface area contributed by atoms with E-state index in [-0.39, 0.29) is 6.10 Å². The molecule has 0 saturated heterocycles. The highest BCUT2D eigenvalue weighted by atomic mass is 19.2. The average molecular weight is 264 g/mol. The number of rotatable bonds is 5. The number of hydrogen-bond donors (Lipinski definition) is 1. The zero-order chi connectivity index (χ0) is 13.9. The van der Waals surface area contributed by atoms with Crippen molar-refractivity contribution in [2.75, 3.05) is 7.11 Å². The van der Waals surface area contributed by atoms with Crippen LogP contribution < -0.4 is 4.74 Å². The third-order valence-corrected chi connectivity index (χ3v) is 2.38. The summed E-state index contributed by atoms with van der Waals surface area (Å²) in [6.07, 6.45) is -0.254. The molecule has 0 spiro atoms. The molecule has 0 aliphatic carbocycles. The Morgan fingerprint density at radius 1 is 1.06 bits per heavy atom. The molecule has 6 heteroatoms. The van der Waals surface area contributed by atoms with Crippen molar-refractivity contribution in [2.45, 2.75) is 33.2 Å². The lowest BCUT2D eigenvalue weighted by molar-refractivity contribution is 0.0611. The monoisotopic (exact) mass is 264 g/mol. The van der Waals surface area contributed by atoms with Gasteiger partial charge >= 0.3 is 0 Å². The Morgan fingerprint density at radius 2 is 1.61 bits per heavy atom. The maximum Gasteiger partial charge on any atom is 0.174 e. The molecule has 0 amide bonds. The molecule has 1 aromatic rings. The van der Waals surface area contributed by atoms with Crippen molar-refractivity contribution in [1.29, 1.82) is 0 Å². The molecule has 0 unspecified atom stereocenters. The molecule has 0 saturated carbocycles. The third-order valence-electron chi connectivity index (χ3n) is 2.38. The zero-order valence-electron chi connectivity index (χ0n) is 10.4. The Kier molecular flexibility index (Phi) is 4.98. The summed E-state index contributed by atoms with van der Waals surface area (Å²) in [5.74, 6) is -4.24. The van der Waals surface area contributed by atoms with E-state index >= 15 is 0 Å². The molecule has 0 radical (unpaired) electrons. The highest BCUT2D eigenvalue weighted by molar-refractivity contribution is 5.41. The van der Waals surface area contributed by atoms with Crippen LogP contribution in [0.4, 0.5) is 13.2 Å². The molecule has 1 rings (SSSR count). The highest BCUT2D eigenvalue weighted by Gasteiger charge is 2.25. The lowest BCUT2D eigenvalue weighted by atomic mass is 10.1. The minimum atomic E-state index is -1.36. The molecule has 0 aliphatic heterocycles. The zero-order valence-corrected chi connectivity index (χ0v) is 10.4. The van der Waals surface area contributed by atoms with E-state index in [0.717, 1.165) is 7.11 Å². The Labute approximate surface area is 103 Å². The van der Waals surface area contributed by atoms with Gasteiger partial charge in [0.25, 0.3) is 0 Å². The number of aliphatic hydroxyl groups is 1. The smallest absolute Gasteiger partial charge is 0.174 e. The highest BCUT2D eigenvalue weighted by Crippen LogP contribution is 2.31. The van der Waals surface area contributed by atoms with E-state index < -0.39 is 47.5 Å². The Hall–Kier alpha value is -1.27. The van der Waals surface area contributed by atoms with Gasteiger partial charge in [-0.1, -0.05) is 0 Å². The van der Waals surface area contributed by atoms with E-state index in [1.54, 1.807) is 13.8 Å². The van der Waals surface area contributed by atoms with Crippen LogP contribution in [0.2, 0.25) is 0 Å². The van der Waals surface area contributed by atoms with Crippen molar-refractivity contribution in [3.05, 3.63) is 28.6 Å². The van der Waals surface area contributed by atoms with Gasteiger partial charge in [-0.3, -0.25) is 0 Å². The molecule has 0 aliphatic rings. The van der Waals surface area contributed by atoms with Gasteiger partial charge in [0, 0.05) is 0 Å². The quantitative estimate of drug-likeness (QED) is 0.830. The summed E-state index contributed by atoms with van der Waals surface area (Å²) in [4.78, 5) is 0. The van der Waals surface area contributed by atoms with Crippen molar-refractivity contribution in [1.82, 2.24) is 0 Å². The van der Waals surface area contributed by atoms with Crippen LogP contribution in [0.15, 0.2) is 0 Å². The van der Waals surface area contributed by atoms with Crippen LogP contribution in [0.5, 0.6) is 5.75 Å². The number of methoxy groups -OCH3 is 1. The molecule has 0 aromatic heterocycles. The van der Waals surface area contributed by atoms with Crippen LogP contribution in [-0.4, -0.2) is 18.3 Å². The molecule has 18 heavy (non-hydrogen) atoms. The molecular weight excluding hydrogens is 249 g/mol. The standard InChI is InChI=1S/C12H15F3O3/c1-6(2)18-5-8-10(14)9(13)7(4-16)12(17-3)11(8)15/h6,16H,4-5H2,1-3H3. The maximum atomic E-state index is 13.9. The number of benzene rings is 1. The second-order valence-corrected chi connectivity index (χ2v) is 3.95. The van der Waals surface area contributed by atoms with Gasteiger partial charge in [-0.05, 0) is 13.8 Å². The number of hydrogen-bond acceptors (Lipinski definition) is 3. The molecule has 3 nitrogen and oxygen atoms in total. The molecule has 1 N–H and O–H groups in total. The number of aliphatic hydroxyl groups excluding tert-OH is 1. The fourth-order valence-electron chi connectivity index (χ4n) is 1.46. The topological polar surface area (TPSA) is 38.7 Å². The molecular formula is C12H15F3O3. The van der Waals surface area contributed by atoms with Crippen molar-refractivity contribution in [3.8, 4) is 5.75 Å². The van der Waals surface area contributed by atoms with Crippen LogP contribution in [-0.2, 0) is 18.0 Å². The number of halogens is 3. The second kappa shape index (κ2) is 6.06. The normalized spacial score (nSPS) is 11.1. The van der Waals surface area contributed by atoms with Gasteiger partial charge in [0.1, 0.15) is 0 Å². The van der Waals surface area contributed by atoms with Crippen LogP contribution in [0.25, 0.3) is 0 Å². The van der Waals surface area contributed by atoms with E-state index in [0.29, 0.717) is 0 Å². The lowest BCUT2D eigenvalue weighted by Gasteiger charge is -2.15. The largest absolute Gasteiger partial charge is 0.493 e. The number of ether oxygens (including phenoxy) is 2. The predicted octanol–water partition coefficient (Wildman–Crippen LogP) is 2.53. The lowest BCUT2D eigenvalue weighted by Crippen LogP contribution is -2.11. The van der Waals surface area contributed by atoms with E-state index in [2.05, 4.69) is 4.74 Å². The van der Waals surface area contributed by atoms with Gasteiger partial charge in [0.2, 0.25) is 0 Å². The van der Waals surface area contributed by atoms with E-state index in [1.165, 1.54) is 0 Å². The maximum absolute atomic E-state index is 13.9. The summed E-state index contributed by atoms with van der Waals surface area (Å²) >= 11 is 0. The van der Waals surface area contributed by atoms with E-state index in [1.807, 2.05) is 0 Å². The first-order valence-electron chi connectivity index (χ1n) is 5.38. The first-order chi connectivity index (χ1) is 8.43. The van der Waals surface area contributed by atoms with Crippen molar-refractivity contribution < 1.29 is 27.8 Å². The van der Waals surface area contributed by atoms with E-state index in [4.69, 9.17) is 9.84 Å². The molecule has 0 heterocycles. The van der Waals surface area contributed by atoms with Gasteiger partial charge in [-0.25, -0.2) is 13.2 Å². The first kappa shape index (κ1) is 14.8. The second-order valence-electron chi connectivity index (χ2n) is 3.95. The summed E-state index contributed by atoms with van der Waals surface area (Å²) in [6.45, 7) is 2.11. The molecule has 0 fully saturated rings. The van der Waals surface area contributed by atoms with Crippen LogP contribution in [0, 0.1) is 17.5 Å².